The Labute approximate surface area is 178 Å². The van der Waals surface area contributed by atoms with Crippen molar-refractivity contribution in [1.82, 2.24) is 24.4 Å². The minimum atomic E-state index is -0.435. The summed E-state index contributed by atoms with van der Waals surface area (Å²) in [6.45, 7) is 3.22. The van der Waals surface area contributed by atoms with Gasteiger partial charge in [-0.15, -0.1) is 0 Å². The molecular weight excluding hydrogens is 406 g/mol. The average molecular weight is 432 g/mol. The number of nitrogens with one attached hydrogen (secondary N) is 2. The summed E-state index contributed by atoms with van der Waals surface area (Å²) in [7, 11) is 0. The number of amides is 1. The van der Waals surface area contributed by atoms with Gasteiger partial charge in [-0.25, -0.2) is 4.79 Å². The molecule has 0 unspecified atom stereocenters. The molecule has 0 atom stereocenters. The van der Waals surface area contributed by atoms with E-state index in [-0.39, 0.29) is 23.3 Å². The Balaban J connectivity index is 1.62. The van der Waals surface area contributed by atoms with Crippen LogP contribution in [0.3, 0.4) is 0 Å². The number of carbonyl (C=O) groups excluding carboxylic acids is 1. The zero-order valence-electron chi connectivity index (χ0n) is 17.0. The van der Waals surface area contributed by atoms with Gasteiger partial charge >= 0.3 is 5.69 Å². The van der Waals surface area contributed by atoms with E-state index in [1.165, 1.54) is 9.13 Å². The van der Waals surface area contributed by atoms with E-state index in [0.717, 1.165) is 18.4 Å². The van der Waals surface area contributed by atoms with Gasteiger partial charge in [-0.2, -0.15) is 4.98 Å². The van der Waals surface area contributed by atoms with Crippen molar-refractivity contribution >= 4 is 28.7 Å². The fourth-order valence-electron chi connectivity index (χ4n) is 3.29. The molecule has 1 aromatic carbocycles. The molecule has 0 aliphatic heterocycles. The van der Waals surface area contributed by atoms with Crippen LogP contribution in [0.4, 0.5) is 0 Å². The van der Waals surface area contributed by atoms with E-state index in [1.54, 1.807) is 0 Å². The van der Waals surface area contributed by atoms with Crippen LogP contribution in [0.5, 0.6) is 0 Å². The van der Waals surface area contributed by atoms with Crippen molar-refractivity contribution in [3.05, 3.63) is 62.0 Å². The van der Waals surface area contributed by atoms with E-state index in [4.69, 9.17) is 11.6 Å². The Morgan fingerprint density at radius 1 is 1.10 bits per heavy atom. The van der Waals surface area contributed by atoms with Crippen LogP contribution in [0.15, 0.2) is 39.9 Å². The Hall–Kier alpha value is -2.87. The summed E-state index contributed by atoms with van der Waals surface area (Å²) in [5, 5.41) is 2.96. The molecule has 9 heteroatoms. The number of benzene rings is 1. The molecule has 2 N–H and O–H groups in total. The summed E-state index contributed by atoms with van der Waals surface area (Å²) in [5.74, 6) is -0.0534. The van der Waals surface area contributed by atoms with Gasteiger partial charge in [-0.1, -0.05) is 43.7 Å². The second-order valence-corrected chi connectivity index (χ2v) is 7.55. The Morgan fingerprint density at radius 3 is 2.57 bits per heavy atom. The molecule has 3 aromatic rings. The van der Waals surface area contributed by atoms with Gasteiger partial charge < -0.3 is 10.3 Å². The Kier molecular flexibility index (Phi) is 7.46. The third-order valence-electron chi connectivity index (χ3n) is 4.94. The van der Waals surface area contributed by atoms with Crippen molar-refractivity contribution in [3.63, 3.8) is 0 Å². The molecule has 30 heavy (non-hydrogen) atoms. The number of nitrogens with zero attached hydrogens (tertiary/aromatic N) is 3. The van der Waals surface area contributed by atoms with Gasteiger partial charge in [-0.3, -0.25) is 18.7 Å². The highest BCUT2D eigenvalue weighted by Gasteiger charge is 2.16. The lowest BCUT2D eigenvalue weighted by molar-refractivity contribution is -0.121. The topological polar surface area (TPSA) is 102 Å². The van der Waals surface area contributed by atoms with Gasteiger partial charge in [-0.05, 0) is 36.4 Å². The molecule has 160 valence electrons. The fraction of sp³-hybridized carbons (Fsp3) is 0.429. The number of hydrogen-bond acceptors (Lipinski definition) is 4. The van der Waals surface area contributed by atoms with E-state index in [1.807, 2.05) is 37.3 Å². The van der Waals surface area contributed by atoms with Gasteiger partial charge in [0.05, 0.1) is 0 Å². The van der Waals surface area contributed by atoms with E-state index in [0.29, 0.717) is 38.0 Å². The molecule has 0 spiro atoms. The molecule has 2 aromatic heterocycles. The summed E-state index contributed by atoms with van der Waals surface area (Å²) in [6, 6.07) is 9.69. The van der Waals surface area contributed by atoms with Gasteiger partial charge in [0.25, 0.3) is 5.56 Å². The van der Waals surface area contributed by atoms with Crippen LogP contribution in [-0.4, -0.2) is 25.0 Å². The number of H-pyrrole nitrogens is 1. The minimum Gasteiger partial charge on any atom is -0.352 e. The van der Waals surface area contributed by atoms with Crippen LogP contribution in [0, 0.1) is 0 Å². The molecule has 0 saturated carbocycles. The number of fused-ring (bicyclic) bond motifs is 1. The highest BCUT2D eigenvalue weighted by atomic mass is 35.5. The second kappa shape index (κ2) is 10.2. The summed E-state index contributed by atoms with van der Waals surface area (Å²) in [4.78, 5) is 44.5. The normalized spacial score (nSPS) is 11.1. The number of rotatable bonds is 10. The lowest BCUT2D eigenvalue weighted by Gasteiger charge is -2.11. The van der Waals surface area contributed by atoms with Crippen molar-refractivity contribution in [3.8, 4) is 0 Å². The van der Waals surface area contributed by atoms with Crippen LogP contribution >= 0.6 is 11.6 Å². The van der Waals surface area contributed by atoms with Crippen LogP contribution < -0.4 is 16.6 Å². The number of halogens is 1. The number of unbranched alkanes of at least 4 members (excludes halogenated alkanes) is 2. The number of imidazole rings is 1. The minimum absolute atomic E-state index is 0.0534. The molecule has 0 bridgehead atoms. The van der Waals surface area contributed by atoms with Gasteiger partial charge in [0.15, 0.2) is 11.2 Å². The van der Waals surface area contributed by atoms with Crippen molar-refractivity contribution in [1.29, 1.82) is 0 Å². The molecule has 0 saturated heterocycles. The highest BCUT2D eigenvalue weighted by molar-refractivity contribution is 6.28. The van der Waals surface area contributed by atoms with Crippen LogP contribution in [0.25, 0.3) is 11.2 Å². The smallest absolute Gasteiger partial charge is 0.332 e. The van der Waals surface area contributed by atoms with E-state index in [2.05, 4.69) is 15.3 Å². The summed E-state index contributed by atoms with van der Waals surface area (Å²) in [6.07, 6.45) is 3.14. The molecule has 0 fully saturated rings. The molecule has 0 aliphatic rings. The lowest BCUT2D eigenvalue weighted by atomic mass is 10.2. The predicted molar refractivity (Wildman–Crippen MR) is 117 cm³/mol. The van der Waals surface area contributed by atoms with Gasteiger partial charge in [0.2, 0.25) is 11.2 Å². The molecule has 8 nitrogen and oxygen atoms in total. The number of aromatic nitrogens is 4. The third-order valence-corrected chi connectivity index (χ3v) is 5.11. The van der Waals surface area contributed by atoms with Crippen LogP contribution in [0.2, 0.25) is 5.28 Å². The molecule has 0 aliphatic carbocycles. The third kappa shape index (κ3) is 5.18. The van der Waals surface area contributed by atoms with E-state index >= 15 is 0 Å². The Bertz CT molecular complexity index is 1120. The standard InChI is InChI=1S/C21H26ClN5O3/c1-2-3-12-26-18-17(24-20(22)25-18)19(29)27(21(26)30)13-8-7-11-16(28)23-14-15-9-5-4-6-10-15/h4-6,9-10H,2-3,7-8,11-14H2,1H3,(H,23,28)(H,24,25). The van der Waals surface area contributed by atoms with Crippen molar-refractivity contribution in [2.24, 2.45) is 0 Å². The SMILES string of the molecule is CCCCn1c(=O)n(CCCCC(=O)NCc2ccccc2)c(=O)c2[nH]c(Cl)nc21. The van der Waals surface area contributed by atoms with Crippen molar-refractivity contribution in [2.75, 3.05) is 0 Å². The molecule has 1 amide bonds. The fourth-order valence-corrected chi connectivity index (χ4v) is 3.47. The van der Waals surface area contributed by atoms with Gasteiger partial charge in [0.1, 0.15) is 0 Å². The van der Waals surface area contributed by atoms with Crippen LogP contribution in [0.1, 0.15) is 44.6 Å². The molecular formula is C21H26ClN5O3. The second-order valence-electron chi connectivity index (χ2n) is 7.19. The predicted octanol–water partition coefficient (Wildman–Crippen LogP) is 2.83. The zero-order valence-corrected chi connectivity index (χ0v) is 17.7. The maximum absolute atomic E-state index is 12.9. The summed E-state index contributed by atoms with van der Waals surface area (Å²) in [5.41, 5.74) is 0.737. The van der Waals surface area contributed by atoms with E-state index in [9.17, 15) is 14.4 Å². The molecule has 0 radical (unpaired) electrons. The first-order valence-electron chi connectivity index (χ1n) is 10.2. The average Bonchev–Trinajstić information content (AvgIpc) is 3.14. The summed E-state index contributed by atoms with van der Waals surface area (Å²) < 4.78 is 2.70. The lowest BCUT2D eigenvalue weighted by Crippen LogP contribution is -2.40. The number of aryl methyl sites for hydroxylation is 1. The van der Waals surface area contributed by atoms with Crippen molar-refractivity contribution < 1.29 is 4.79 Å². The summed E-state index contributed by atoms with van der Waals surface area (Å²) >= 11 is 5.93. The van der Waals surface area contributed by atoms with Crippen molar-refractivity contribution in [2.45, 2.75) is 58.7 Å². The maximum Gasteiger partial charge on any atom is 0.332 e. The number of aromatic amines is 1. The number of carbonyl (C=O) groups is 1. The Morgan fingerprint density at radius 2 is 1.83 bits per heavy atom. The monoisotopic (exact) mass is 431 g/mol. The number of hydrogen-bond donors (Lipinski definition) is 2. The molecule has 3 rings (SSSR count). The maximum atomic E-state index is 12.9. The van der Waals surface area contributed by atoms with Crippen LogP contribution in [-0.2, 0) is 24.4 Å². The first kappa shape index (κ1) is 21.8. The first-order valence-corrected chi connectivity index (χ1v) is 10.6. The van der Waals surface area contributed by atoms with Gasteiger partial charge in [0, 0.05) is 26.1 Å². The zero-order chi connectivity index (χ0) is 21.5. The largest absolute Gasteiger partial charge is 0.352 e. The quantitative estimate of drug-likeness (QED) is 0.380. The highest BCUT2D eigenvalue weighted by Crippen LogP contribution is 2.10. The van der Waals surface area contributed by atoms with E-state index < -0.39 is 11.2 Å². The first-order chi connectivity index (χ1) is 14.5. The molecule has 2 heterocycles.